The molecule has 29 heavy (non-hydrogen) atoms. The number of pyridine rings is 1. The molecular weight excluding hydrogens is 368 g/mol. The van der Waals surface area contributed by atoms with Crippen molar-refractivity contribution >= 4 is 23.4 Å². The molecular formula is C22H28N4O3. The minimum Gasteiger partial charge on any atom is -0.337 e. The van der Waals surface area contributed by atoms with E-state index >= 15 is 0 Å². The number of hydrogen-bond donors (Lipinski definition) is 0. The average molecular weight is 396 g/mol. The number of aromatic nitrogens is 1. The van der Waals surface area contributed by atoms with Gasteiger partial charge in [-0.15, -0.1) is 0 Å². The topological polar surface area (TPSA) is 65.3 Å². The Balaban J connectivity index is 1.56. The number of rotatable bonds is 4. The molecule has 0 atom stereocenters. The van der Waals surface area contributed by atoms with Crippen LogP contribution in [-0.2, 0) is 4.79 Å². The summed E-state index contributed by atoms with van der Waals surface area (Å²) < 4.78 is 1.89. The Hall–Kier alpha value is -2.83. The molecule has 0 saturated carbocycles. The lowest BCUT2D eigenvalue weighted by molar-refractivity contribution is -0.135. The number of nitrogens with zero attached hydrogens (tertiary/aromatic N) is 4. The average Bonchev–Trinajstić information content (AvgIpc) is 3.22. The van der Waals surface area contributed by atoms with E-state index in [1.807, 2.05) is 47.9 Å². The van der Waals surface area contributed by atoms with Gasteiger partial charge in [0.05, 0.1) is 0 Å². The highest BCUT2D eigenvalue weighted by atomic mass is 16.2. The summed E-state index contributed by atoms with van der Waals surface area (Å²) in [6.07, 6.45) is 2.85. The number of carbonyl (C=O) groups is 3. The number of piperidine rings is 1. The molecule has 4 amide bonds. The van der Waals surface area contributed by atoms with Crippen molar-refractivity contribution < 1.29 is 14.4 Å². The molecule has 0 aromatic carbocycles. The van der Waals surface area contributed by atoms with Gasteiger partial charge in [0.2, 0.25) is 0 Å². The molecule has 4 heterocycles. The summed E-state index contributed by atoms with van der Waals surface area (Å²) >= 11 is 0. The zero-order valence-corrected chi connectivity index (χ0v) is 17.3. The van der Waals surface area contributed by atoms with Crippen LogP contribution in [0.5, 0.6) is 0 Å². The van der Waals surface area contributed by atoms with Crippen molar-refractivity contribution in [2.75, 3.05) is 26.2 Å². The number of likely N-dealkylation sites (N-methyl/N-ethyl adjacent to an activating group) is 1. The molecule has 0 unspecified atom stereocenters. The van der Waals surface area contributed by atoms with Crippen molar-refractivity contribution in [1.29, 1.82) is 0 Å². The molecule has 0 N–H and O–H groups in total. The normalized spacial score (nSPS) is 19.2. The number of likely N-dealkylation sites (tertiary alicyclic amines) is 1. The fourth-order valence-electron chi connectivity index (χ4n) is 4.64. The largest absolute Gasteiger partial charge is 0.337 e. The lowest BCUT2D eigenvalue weighted by atomic mass is 9.85. The Morgan fingerprint density at radius 3 is 2.48 bits per heavy atom. The second-order valence-electron chi connectivity index (χ2n) is 8.37. The molecule has 2 aliphatic heterocycles. The van der Waals surface area contributed by atoms with E-state index in [-0.39, 0.29) is 23.8 Å². The zero-order valence-electron chi connectivity index (χ0n) is 17.3. The molecule has 2 aliphatic rings. The smallest absolute Gasteiger partial charge is 0.327 e. The van der Waals surface area contributed by atoms with Crippen LogP contribution in [0.1, 0.15) is 44.1 Å². The maximum atomic E-state index is 13.2. The lowest BCUT2D eigenvalue weighted by Gasteiger charge is -2.42. The zero-order chi connectivity index (χ0) is 20.8. The fourth-order valence-corrected chi connectivity index (χ4v) is 4.64. The summed E-state index contributed by atoms with van der Waals surface area (Å²) in [6, 6.07) is 9.40. The third kappa shape index (κ3) is 2.99. The number of hydrogen-bond acceptors (Lipinski definition) is 3. The molecule has 1 spiro atoms. The Bertz CT molecular complexity index is 956. The third-order valence-electron chi connectivity index (χ3n) is 6.15. The van der Waals surface area contributed by atoms with Gasteiger partial charge in [0, 0.05) is 37.9 Å². The Labute approximate surface area is 170 Å². The van der Waals surface area contributed by atoms with Crippen LogP contribution >= 0.6 is 0 Å². The third-order valence-corrected chi connectivity index (χ3v) is 6.15. The summed E-state index contributed by atoms with van der Waals surface area (Å²) in [4.78, 5) is 44.1. The minimum atomic E-state index is -0.810. The van der Waals surface area contributed by atoms with Crippen molar-refractivity contribution in [3.8, 4) is 0 Å². The number of urea groups is 1. The molecule has 7 heteroatoms. The van der Waals surface area contributed by atoms with Crippen LogP contribution in [0.25, 0.3) is 5.52 Å². The van der Waals surface area contributed by atoms with Crippen molar-refractivity contribution in [3.63, 3.8) is 0 Å². The number of fused-ring (bicyclic) bond motifs is 1. The molecule has 2 fully saturated rings. The number of imide groups is 1. The lowest BCUT2D eigenvalue weighted by Crippen LogP contribution is -2.58. The molecule has 2 aromatic heterocycles. The van der Waals surface area contributed by atoms with Gasteiger partial charge in [-0.2, -0.15) is 0 Å². The van der Waals surface area contributed by atoms with Gasteiger partial charge in [0.25, 0.3) is 11.8 Å². The van der Waals surface area contributed by atoms with Gasteiger partial charge >= 0.3 is 6.03 Å². The Morgan fingerprint density at radius 2 is 1.83 bits per heavy atom. The van der Waals surface area contributed by atoms with Gasteiger partial charge in [0.15, 0.2) is 0 Å². The SMILES string of the molecule is CCN1C(=O)N(CC(C)C)C2(CCN(C(=O)c3ccc4ccccn34)CC2)C1=O. The first-order chi connectivity index (χ1) is 13.9. The molecule has 4 rings (SSSR count). The van der Waals surface area contributed by atoms with E-state index in [0.717, 1.165) is 5.52 Å². The van der Waals surface area contributed by atoms with Crippen molar-refractivity contribution in [1.82, 2.24) is 19.1 Å². The monoisotopic (exact) mass is 396 g/mol. The van der Waals surface area contributed by atoms with E-state index in [1.54, 1.807) is 9.80 Å². The quantitative estimate of drug-likeness (QED) is 0.747. The first-order valence-electron chi connectivity index (χ1n) is 10.4. The van der Waals surface area contributed by atoms with Gasteiger partial charge in [0.1, 0.15) is 11.2 Å². The second kappa shape index (κ2) is 7.21. The predicted octanol–water partition coefficient (Wildman–Crippen LogP) is 2.85. The van der Waals surface area contributed by atoms with E-state index < -0.39 is 5.54 Å². The van der Waals surface area contributed by atoms with Gasteiger partial charge in [-0.25, -0.2) is 4.79 Å². The van der Waals surface area contributed by atoms with Gasteiger partial charge in [-0.1, -0.05) is 19.9 Å². The van der Waals surface area contributed by atoms with Crippen LogP contribution in [0.3, 0.4) is 0 Å². The number of carbonyl (C=O) groups excluding carboxylic acids is 3. The van der Waals surface area contributed by atoms with Crippen molar-refractivity contribution in [3.05, 3.63) is 42.2 Å². The van der Waals surface area contributed by atoms with E-state index in [9.17, 15) is 14.4 Å². The van der Waals surface area contributed by atoms with Crippen LogP contribution in [0.15, 0.2) is 36.5 Å². The highest BCUT2D eigenvalue weighted by Crippen LogP contribution is 2.38. The van der Waals surface area contributed by atoms with Crippen LogP contribution in [-0.4, -0.2) is 68.7 Å². The summed E-state index contributed by atoms with van der Waals surface area (Å²) in [6.45, 7) is 7.80. The summed E-state index contributed by atoms with van der Waals surface area (Å²) in [5.41, 5.74) is 0.789. The Morgan fingerprint density at radius 1 is 1.10 bits per heavy atom. The predicted molar refractivity (Wildman–Crippen MR) is 110 cm³/mol. The van der Waals surface area contributed by atoms with Gasteiger partial charge in [-0.3, -0.25) is 14.5 Å². The number of amides is 4. The maximum Gasteiger partial charge on any atom is 0.327 e. The first kappa shape index (κ1) is 19.5. The Kier molecular flexibility index (Phi) is 4.84. The highest BCUT2D eigenvalue weighted by molar-refractivity contribution is 6.07. The molecule has 154 valence electrons. The minimum absolute atomic E-state index is 0.0365. The highest BCUT2D eigenvalue weighted by Gasteiger charge is 2.57. The molecule has 2 saturated heterocycles. The van der Waals surface area contributed by atoms with Crippen molar-refractivity contribution in [2.45, 2.75) is 39.2 Å². The van der Waals surface area contributed by atoms with Crippen molar-refractivity contribution in [2.24, 2.45) is 5.92 Å². The fraction of sp³-hybridized carbons (Fsp3) is 0.500. The van der Waals surface area contributed by atoms with Crippen LogP contribution < -0.4 is 0 Å². The van der Waals surface area contributed by atoms with Crippen LogP contribution in [0.4, 0.5) is 4.79 Å². The second-order valence-corrected chi connectivity index (χ2v) is 8.37. The van der Waals surface area contributed by atoms with E-state index in [4.69, 9.17) is 0 Å². The summed E-state index contributed by atoms with van der Waals surface area (Å²) in [7, 11) is 0. The molecule has 2 aromatic rings. The standard InChI is InChI=1S/C22H28N4O3/c1-4-24-20(28)22(26(21(24)29)15-16(2)3)10-13-23(14-11-22)19(27)18-9-8-17-7-5-6-12-25(17)18/h5-9,12,16H,4,10-11,13-15H2,1-3H3. The first-order valence-corrected chi connectivity index (χ1v) is 10.4. The molecule has 0 radical (unpaired) electrons. The molecule has 0 aliphatic carbocycles. The molecule has 7 nitrogen and oxygen atoms in total. The maximum absolute atomic E-state index is 13.2. The van der Waals surface area contributed by atoms with E-state index in [1.165, 1.54) is 4.90 Å². The van der Waals surface area contributed by atoms with E-state index in [0.29, 0.717) is 44.7 Å². The summed E-state index contributed by atoms with van der Waals surface area (Å²) in [5.74, 6) is 0.128. The molecule has 0 bridgehead atoms. The van der Waals surface area contributed by atoms with Crippen LogP contribution in [0.2, 0.25) is 0 Å². The summed E-state index contributed by atoms with van der Waals surface area (Å²) in [5, 5.41) is 0. The van der Waals surface area contributed by atoms with Gasteiger partial charge < -0.3 is 14.2 Å². The van der Waals surface area contributed by atoms with Gasteiger partial charge in [-0.05, 0) is 49.9 Å². The van der Waals surface area contributed by atoms with Crippen LogP contribution in [0, 0.1) is 5.92 Å². The van der Waals surface area contributed by atoms with E-state index in [2.05, 4.69) is 13.8 Å².